The molecule has 0 saturated heterocycles. The van der Waals surface area contributed by atoms with Crippen LogP contribution in [0.1, 0.15) is 53.4 Å². The van der Waals surface area contributed by atoms with Crippen LogP contribution in [0.15, 0.2) is 23.3 Å². The maximum atomic E-state index is 5.98. The van der Waals surface area contributed by atoms with Gasteiger partial charge in [0, 0.05) is 24.2 Å². The molecule has 128 valence electrons. The highest BCUT2D eigenvalue weighted by molar-refractivity contribution is 5.25. The summed E-state index contributed by atoms with van der Waals surface area (Å²) in [5.74, 6) is 0. The van der Waals surface area contributed by atoms with Crippen molar-refractivity contribution in [2.24, 2.45) is 11.5 Å². The van der Waals surface area contributed by atoms with Crippen LogP contribution in [0.5, 0.6) is 0 Å². The lowest BCUT2D eigenvalue weighted by Gasteiger charge is -2.20. The fourth-order valence-electron chi connectivity index (χ4n) is 2.34. The number of nitrogens with two attached hydrogens (primary N) is 2. The second-order valence-corrected chi connectivity index (χ2v) is 7.98. The molecule has 0 radical (unpaired) electrons. The Morgan fingerprint density at radius 1 is 0.818 bits per heavy atom. The van der Waals surface area contributed by atoms with Crippen LogP contribution in [-0.4, -0.2) is 37.3 Å². The number of allylic oxidation sites excluding steroid dienone is 2. The zero-order valence-corrected chi connectivity index (χ0v) is 15.0. The minimum absolute atomic E-state index is 0.0786. The molecule has 1 rings (SSSR count). The van der Waals surface area contributed by atoms with Gasteiger partial charge in [-0.05, 0) is 66.5 Å². The Morgan fingerprint density at radius 2 is 1.18 bits per heavy atom. The van der Waals surface area contributed by atoms with E-state index in [1.165, 1.54) is 11.1 Å². The topological polar surface area (TPSA) is 76.1 Å². The molecule has 0 atom stereocenters. The third-order valence-corrected chi connectivity index (χ3v) is 3.92. The average molecular weight is 309 g/mol. The van der Waals surface area contributed by atoms with Crippen LogP contribution in [0.2, 0.25) is 0 Å². The van der Waals surface area contributed by atoms with E-state index in [0.29, 0.717) is 0 Å². The van der Waals surface area contributed by atoms with Crippen molar-refractivity contribution in [2.45, 2.75) is 64.5 Å². The molecule has 0 unspecified atom stereocenters. The molecule has 4 nitrogen and oxygen atoms in total. The molecule has 0 saturated carbocycles. The van der Waals surface area contributed by atoms with Crippen molar-refractivity contribution >= 4 is 0 Å². The van der Waals surface area contributed by atoms with Gasteiger partial charge in [0.2, 0.25) is 0 Å². The summed E-state index contributed by atoms with van der Waals surface area (Å²) in [6, 6.07) is 0. The predicted octanol–water partition coefficient (Wildman–Crippen LogP) is 2.07. The summed E-state index contributed by atoms with van der Waals surface area (Å²) in [5, 5.41) is 6.98. The lowest BCUT2D eigenvalue weighted by atomic mass is 9.97. The van der Waals surface area contributed by atoms with Crippen molar-refractivity contribution in [3.8, 4) is 0 Å². The molecule has 4 heteroatoms. The van der Waals surface area contributed by atoms with E-state index in [2.05, 4.69) is 50.5 Å². The maximum Gasteiger partial charge on any atom is 0.0167 e. The van der Waals surface area contributed by atoms with Crippen molar-refractivity contribution in [3.63, 3.8) is 0 Å². The Labute approximate surface area is 136 Å². The highest BCUT2D eigenvalue weighted by atomic mass is 14.9. The smallest absolute Gasteiger partial charge is 0.0167 e. The Hall–Kier alpha value is -0.680. The molecule has 1 aliphatic carbocycles. The second-order valence-electron chi connectivity index (χ2n) is 7.98. The Morgan fingerprint density at radius 3 is 1.45 bits per heavy atom. The zero-order valence-electron chi connectivity index (χ0n) is 15.0. The van der Waals surface area contributed by atoms with Crippen molar-refractivity contribution in [1.82, 2.24) is 10.6 Å². The van der Waals surface area contributed by atoms with Crippen LogP contribution >= 0.6 is 0 Å². The fraction of sp³-hybridized carbons (Fsp3) is 0.778. The molecule has 0 aromatic carbocycles. The van der Waals surface area contributed by atoms with E-state index in [1.54, 1.807) is 0 Å². The van der Waals surface area contributed by atoms with Gasteiger partial charge in [0.05, 0.1) is 0 Å². The Kier molecular flexibility index (Phi) is 7.77. The first-order chi connectivity index (χ1) is 10.2. The van der Waals surface area contributed by atoms with Gasteiger partial charge < -0.3 is 22.1 Å². The molecule has 0 heterocycles. The van der Waals surface area contributed by atoms with E-state index in [1.807, 2.05) is 0 Å². The number of hydrogen-bond acceptors (Lipinski definition) is 4. The van der Waals surface area contributed by atoms with E-state index in [4.69, 9.17) is 11.5 Å². The molecular weight excluding hydrogens is 272 g/mol. The highest BCUT2D eigenvalue weighted by Gasteiger charge is 2.11. The van der Waals surface area contributed by atoms with Crippen molar-refractivity contribution in [2.75, 3.05) is 26.2 Å². The van der Waals surface area contributed by atoms with Crippen LogP contribution in [0.4, 0.5) is 0 Å². The van der Waals surface area contributed by atoms with Crippen molar-refractivity contribution in [1.29, 1.82) is 0 Å². The van der Waals surface area contributed by atoms with Crippen LogP contribution in [-0.2, 0) is 0 Å². The van der Waals surface area contributed by atoms with Gasteiger partial charge in [-0.3, -0.25) is 0 Å². The highest BCUT2D eigenvalue weighted by Crippen LogP contribution is 2.17. The third-order valence-electron chi connectivity index (χ3n) is 3.92. The molecule has 0 fully saturated rings. The first-order valence-electron chi connectivity index (χ1n) is 8.52. The summed E-state index contributed by atoms with van der Waals surface area (Å²) in [6.07, 6.45) is 8.87. The van der Waals surface area contributed by atoms with E-state index < -0.39 is 0 Å². The first kappa shape index (κ1) is 19.4. The monoisotopic (exact) mass is 308 g/mol. The van der Waals surface area contributed by atoms with Crippen LogP contribution < -0.4 is 22.1 Å². The molecule has 0 aromatic heterocycles. The van der Waals surface area contributed by atoms with Gasteiger partial charge in [0.15, 0.2) is 0 Å². The lowest BCUT2D eigenvalue weighted by Crippen LogP contribution is -2.36. The Balaban J connectivity index is 2.18. The summed E-state index contributed by atoms with van der Waals surface area (Å²) in [6.45, 7) is 12.2. The van der Waals surface area contributed by atoms with Gasteiger partial charge in [-0.15, -0.1) is 0 Å². The van der Waals surface area contributed by atoms with Gasteiger partial charge in [0.25, 0.3) is 0 Å². The summed E-state index contributed by atoms with van der Waals surface area (Å²) >= 11 is 0. The van der Waals surface area contributed by atoms with Crippen molar-refractivity contribution < 1.29 is 0 Å². The van der Waals surface area contributed by atoms with Gasteiger partial charge in [0.1, 0.15) is 0 Å². The molecule has 1 aliphatic rings. The average Bonchev–Trinajstić information content (AvgIpc) is 2.39. The molecule has 0 bridgehead atoms. The molecule has 0 aliphatic heterocycles. The molecule has 0 amide bonds. The summed E-state index contributed by atoms with van der Waals surface area (Å²) in [4.78, 5) is 0. The predicted molar refractivity (Wildman–Crippen MR) is 96.9 cm³/mol. The van der Waals surface area contributed by atoms with Gasteiger partial charge in [-0.2, -0.15) is 0 Å². The summed E-state index contributed by atoms with van der Waals surface area (Å²) in [5.41, 5.74) is 14.8. The van der Waals surface area contributed by atoms with Crippen molar-refractivity contribution in [3.05, 3.63) is 23.3 Å². The summed E-state index contributed by atoms with van der Waals surface area (Å²) in [7, 11) is 0. The normalized spacial score (nSPS) is 16.5. The van der Waals surface area contributed by atoms with E-state index >= 15 is 0 Å². The van der Waals surface area contributed by atoms with Gasteiger partial charge in [-0.1, -0.05) is 23.3 Å². The van der Waals surface area contributed by atoms with Crippen LogP contribution in [0.3, 0.4) is 0 Å². The SMILES string of the molecule is CC(C)(N)CCNCC1=CC=C(CNCCC(C)(C)N)CC1. The van der Waals surface area contributed by atoms with Crippen LogP contribution in [0, 0.1) is 0 Å². The third kappa shape index (κ3) is 10.1. The number of nitrogens with one attached hydrogen (secondary N) is 2. The largest absolute Gasteiger partial charge is 0.326 e. The maximum absolute atomic E-state index is 5.98. The minimum Gasteiger partial charge on any atom is -0.326 e. The standard InChI is InChI=1S/C18H36N4/c1-17(2,19)9-11-21-13-15-5-7-16(8-6-15)14-22-12-10-18(3,4)20/h5,7,21-22H,6,8-14,19-20H2,1-4H3. The minimum atomic E-state index is -0.0786. The molecule has 0 aromatic rings. The number of rotatable bonds is 10. The molecule has 0 spiro atoms. The van der Waals surface area contributed by atoms with Gasteiger partial charge >= 0.3 is 0 Å². The van der Waals surface area contributed by atoms with Crippen LogP contribution in [0.25, 0.3) is 0 Å². The van der Waals surface area contributed by atoms with E-state index in [0.717, 1.165) is 51.9 Å². The molecular formula is C18H36N4. The van der Waals surface area contributed by atoms with Gasteiger partial charge in [-0.25, -0.2) is 0 Å². The second kappa shape index (κ2) is 8.82. The quantitative estimate of drug-likeness (QED) is 0.466. The first-order valence-corrected chi connectivity index (χ1v) is 8.52. The lowest BCUT2D eigenvalue weighted by molar-refractivity contribution is 0.458. The molecule has 22 heavy (non-hydrogen) atoms. The van der Waals surface area contributed by atoms with E-state index in [9.17, 15) is 0 Å². The fourth-order valence-corrected chi connectivity index (χ4v) is 2.34. The zero-order chi connectivity index (χ0) is 16.6. The summed E-state index contributed by atoms with van der Waals surface area (Å²) < 4.78 is 0. The molecule has 6 N–H and O–H groups in total. The number of hydrogen-bond donors (Lipinski definition) is 4. The Bertz CT molecular complexity index is 345. The van der Waals surface area contributed by atoms with E-state index in [-0.39, 0.29) is 11.1 Å².